The average molecular weight is 266 g/mol. The molecule has 2 N–H and O–H groups in total. The highest BCUT2D eigenvalue weighted by Crippen LogP contribution is 2.34. The predicted octanol–water partition coefficient (Wildman–Crippen LogP) is 4.28. The molecule has 18 heavy (non-hydrogen) atoms. The van der Waals surface area contributed by atoms with Crippen molar-refractivity contribution in [1.82, 2.24) is 0 Å². The van der Waals surface area contributed by atoms with E-state index in [0.717, 1.165) is 23.3 Å². The van der Waals surface area contributed by atoms with Crippen LogP contribution in [0.1, 0.15) is 38.7 Å². The summed E-state index contributed by atoms with van der Waals surface area (Å²) in [6.07, 6.45) is 4.86. The summed E-state index contributed by atoms with van der Waals surface area (Å²) in [5.74, 6) is 2.26. The molecule has 0 heterocycles. The SMILES string of the molecule is CC(C)[C@@H]1CC[C@H](N)[C@H](Cc2ccc(Cl)cc2)C1. The Hall–Kier alpha value is -0.530. The van der Waals surface area contributed by atoms with E-state index in [-0.39, 0.29) is 0 Å². The van der Waals surface area contributed by atoms with Gasteiger partial charge in [-0.25, -0.2) is 0 Å². The number of hydrogen-bond acceptors (Lipinski definition) is 1. The molecule has 1 nitrogen and oxygen atoms in total. The maximum Gasteiger partial charge on any atom is 0.0406 e. The molecule has 1 aromatic rings. The molecule has 1 saturated carbocycles. The highest BCUT2D eigenvalue weighted by molar-refractivity contribution is 6.30. The van der Waals surface area contributed by atoms with Gasteiger partial charge < -0.3 is 5.73 Å². The molecule has 1 aromatic carbocycles. The molecule has 0 aromatic heterocycles. The van der Waals surface area contributed by atoms with E-state index in [1.54, 1.807) is 0 Å². The largest absolute Gasteiger partial charge is 0.327 e. The van der Waals surface area contributed by atoms with Crippen LogP contribution in [0.3, 0.4) is 0 Å². The molecular formula is C16H24ClN. The van der Waals surface area contributed by atoms with Crippen molar-refractivity contribution in [2.24, 2.45) is 23.5 Å². The predicted molar refractivity (Wildman–Crippen MR) is 78.8 cm³/mol. The van der Waals surface area contributed by atoms with E-state index in [2.05, 4.69) is 26.0 Å². The number of rotatable bonds is 3. The standard InChI is InChI=1S/C16H24ClN/c1-11(2)13-5-8-16(18)14(10-13)9-12-3-6-15(17)7-4-12/h3-4,6-7,11,13-14,16H,5,8-10,18H2,1-2H3/t13-,14-,16+/m1/s1. The van der Waals surface area contributed by atoms with Gasteiger partial charge in [-0.05, 0) is 61.1 Å². The molecule has 1 aliphatic carbocycles. The average Bonchev–Trinajstić information content (AvgIpc) is 2.34. The zero-order chi connectivity index (χ0) is 13.1. The number of nitrogens with two attached hydrogens (primary N) is 1. The third kappa shape index (κ3) is 3.49. The first-order chi connectivity index (χ1) is 8.56. The summed E-state index contributed by atoms with van der Waals surface area (Å²) in [6, 6.07) is 8.59. The molecule has 0 amide bonds. The topological polar surface area (TPSA) is 26.0 Å². The van der Waals surface area contributed by atoms with Gasteiger partial charge in [0.2, 0.25) is 0 Å². The lowest BCUT2D eigenvalue weighted by molar-refractivity contribution is 0.189. The van der Waals surface area contributed by atoms with E-state index in [1.807, 2.05) is 12.1 Å². The van der Waals surface area contributed by atoms with E-state index in [9.17, 15) is 0 Å². The maximum atomic E-state index is 6.29. The molecular weight excluding hydrogens is 242 g/mol. The van der Waals surface area contributed by atoms with Gasteiger partial charge in [0.25, 0.3) is 0 Å². The molecule has 0 saturated heterocycles. The minimum Gasteiger partial charge on any atom is -0.327 e. The third-order valence-electron chi connectivity index (χ3n) is 4.44. The van der Waals surface area contributed by atoms with Crippen LogP contribution in [-0.2, 0) is 6.42 Å². The van der Waals surface area contributed by atoms with Crippen LogP contribution >= 0.6 is 11.6 Å². The Morgan fingerprint density at radius 3 is 2.50 bits per heavy atom. The summed E-state index contributed by atoms with van der Waals surface area (Å²) >= 11 is 5.92. The first kappa shape index (κ1) is 13.9. The lowest BCUT2D eigenvalue weighted by Gasteiger charge is -2.36. The number of halogens is 1. The van der Waals surface area contributed by atoms with Crippen LogP contribution in [-0.4, -0.2) is 6.04 Å². The smallest absolute Gasteiger partial charge is 0.0406 e. The van der Waals surface area contributed by atoms with Crippen molar-refractivity contribution in [3.8, 4) is 0 Å². The van der Waals surface area contributed by atoms with Gasteiger partial charge in [-0.15, -0.1) is 0 Å². The molecule has 2 heteroatoms. The Morgan fingerprint density at radius 2 is 1.89 bits per heavy atom. The van der Waals surface area contributed by atoms with Crippen LogP contribution in [0.25, 0.3) is 0 Å². The summed E-state index contributed by atoms with van der Waals surface area (Å²) in [6.45, 7) is 4.67. The van der Waals surface area contributed by atoms with Crippen LogP contribution in [0, 0.1) is 17.8 Å². The second-order valence-electron chi connectivity index (χ2n) is 6.07. The fraction of sp³-hybridized carbons (Fsp3) is 0.625. The normalized spacial score (nSPS) is 28.6. The second kappa shape index (κ2) is 6.08. The second-order valence-corrected chi connectivity index (χ2v) is 6.51. The van der Waals surface area contributed by atoms with Crippen molar-refractivity contribution in [3.63, 3.8) is 0 Å². The van der Waals surface area contributed by atoms with Gasteiger partial charge in [0.15, 0.2) is 0 Å². The van der Waals surface area contributed by atoms with Crippen LogP contribution in [0.5, 0.6) is 0 Å². The highest BCUT2D eigenvalue weighted by atomic mass is 35.5. The van der Waals surface area contributed by atoms with E-state index in [4.69, 9.17) is 17.3 Å². The summed E-state index contributed by atoms with van der Waals surface area (Å²) in [7, 11) is 0. The number of hydrogen-bond donors (Lipinski definition) is 1. The number of benzene rings is 1. The fourth-order valence-electron chi connectivity index (χ4n) is 3.09. The Labute approximate surface area is 116 Å². The fourth-order valence-corrected chi connectivity index (χ4v) is 3.21. The first-order valence-corrected chi connectivity index (χ1v) is 7.44. The van der Waals surface area contributed by atoms with Gasteiger partial charge in [-0.3, -0.25) is 0 Å². The molecule has 0 aliphatic heterocycles. The van der Waals surface area contributed by atoms with Gasteiger partial charge in [-0.1, -0.05) is 37.6 Å². The van der Waals surface area contributed by atoms with Crippen LogP contribution in [0.4, 0.5) is 0 Å². The molecule has 1 aliphatic rings. The van der Waals surface area contributed by atoms with E-state index >= 15 is 0 Å². The first-order valence-electron chi connectivity index (χ1n) is 7.06. The minimum absolute atomic E-state index is 0.371. The lowest BCUT2D eigenvalue weighted by Crippen LogP contribution is -2.38. The van der Waals surface area contributed by atoms with Crippen LogP contribution < -0.4 is 5.73 Å². The monoisotopic (exact) mass is 265 g/mol. The van der Waals surface area contributed by atoms with Crippen molar-refractivity contribution in [1.29, 1.82) is 0 Å². The Balaban J connectivity index is 2.00. The zero-order valence-electron chi connectivity index (χ0n) is 11.4. The van der Waals surface area contributed by atoms with Crippen LogP contribution in [0.15, 0.2) is 24.3 Å². The molecule has 0 unspecified atom stereocenters. The highest BCUT2D eigenvalue weighted by Gasteiger charge is 2.29. The van der Waals surface area contributed by atoms with Crippen LogP contribution in [0.2, 0.25) is 5.02 Å². The van der Waals surface area contributed by atoms with E-state index in [1.165, 1.54) is 24.8 Å². The van der Waals surface area contributed by atoms with Gasteiger partial charge >= 0.3 is 0 Å². The molecule has 1 fully saturated rings. The Morgan fingerprint density at radius 1 is 1.22 bits per heavy atom. The Kier molecular flexibility index (Phi) is 4.69. The van der Waals surface area contributed by atoms with E-state index < -0.39 is 0 Å². The van der Waals surface area contributed by atoms with Gasteiger partial charge in [0.05, 0.1) is 0 Å². The molecule has 2 rings (SSSR count). The van der Waals surface area contributed by atoms with Crippen molar-refractivity contribution >= 4 is 11.6 Å². The third-order valence-corrected chi connectivity index (χ3v) is 4.69. The quantitative estimate of drug-likeness (QED) is 0.867. The zero-order valence-corrected chi connectivity index (χ0v) is 12.2. The molecule has 3 atom stereocenters. The van der Waals surface area contributed by atoms with Gasteiger partial charge in [-0.2, -0.15) is 0 Å². The summed E-state index contributed by atoms with van der Waals surface area (Å²) in [5.41, 5.74) is 7.66. The van der Waals surface area contributed by atoms with Gasteiger partial charge in [0, 0.05) is 11.1 Å². The minimum atomic E-state index is 0.371. The van der Waals surface area contributed by atoms with Crippen molar-refractivity contribution in [2.45, 2.75) is 45.6 Å². The van der Waals surface area contributed by atoms with E-state index in [0.29, 0.717) is 12.0 Å². The maximum absolute atomic E-state index is 6.29. The lowest BCUT2D eigenvalue weighted by atomic mass is 9.72. The summed E-state index contributed by atoms with van der Waals surface area (Å²) in [5, 5.41) is 0.812. The molecule has 0 radical (unpaired) electrons. The van der Waals surface area contributed by atoms with Crippen molar-refractivity contribution in [2.75, 3.05) is 0 Å². The van der Waals surface area contributed by atoms with Gasteiger partial charge in [0.1, 0.15) is 0 Å². The summed E-state index contributed by atoms with van der Waals surface area (Å²) in [4.78, 5) is 0. The summed E-state index contributed by atoms with van der Waals surface area (Å²) < 4.78 is 0. The molecule has 0 bridgehead atoms. The molecule has 0 spiro atoms. The van der Waals surface area contributed by atoms with Crippen molar-refractivity contribution in [3.05, 3.63) is 34.9 Å². The molecule has 100 valence electrons. The van der Waals surface area contributed by atoms with Crippen molar-refractivity contribution < 1.29 is 0 Å². The Bertz CT molecular complexity index is 371.